The highest BCUT2D eigenvalue weighted by Gasteiger charge is 2.52. The molecular formula is C17H17N7O. The summed E-state index contributed by atoms with van der Waals surface area (Å²) in [7, 11) is 0. The molecular weight excluding hydrogens is 318 g/mol. The Balaban J connectivity index is 1.52. The molecule has 0 radical (unpaired) electrons. The molecule has 1 aromatic carbocycles. The molecule has 1 aliphatic heterocycles. The molecule has 1 spiro atoms. The van der Waals surface area contributed by atoms with E-state index < -0.39 is 6.23 Å². The highest BCUT2D eigenvalue weighted by atomic mass is 16.3. The summed E-state index contributed by atoms with van der Waals surface area (Å²) in [6.45, 7) is 2.04. The van der Waals surface area contributed by atoms with Gasteiger partial charge in [-0.2, -0.15) is 5.10 Å². The summed E-state index contributed by atoms with van der Waals surface area (Å²) in [6, 6.07) is 6.05. The lowest BCUT2D eigenvalue weighted by molar-refractivity contribution is 0.167. The first-order valence-electron chi connectivity index (χ1n) is 8.21. The van der Waals surface area contributed by atoms with E-state index in [0.29, 0.717) is 11.6 Å². The number of aliphatic hydroxyl groups excluding tert-OH is 1. The molecule has 0 amide bonds. The predicted octanol–water partition coefficient (Wildman–Crippen LogP) is 1.93. The van der Waals surface area contributed by atoms with Crippen molar-refractivity contribution in [2.24, 2.45) is 0 Å². The van der Waals surface area contributed by atoms with Crippen molar-refractivity contribution < 1.29 is 5.11 Å². The molecule has 2 aromatic heterocycles. The number of hydrogen-bond donors (Lipinski definition) is 4. The molecule has 126 valence electrons. The van der Waals surface area contributed by atoms with Crippen molar-refractivity contribution in [3.63, 3.8) is 0 Å². The highest BCUT2D eigenvalue weighted by molar-refractivity contribution is 5.73. The monoisotopic (exact) mass is 335 g/mol. The van der Waals surface area contributed by atoms with E-state index in [4.69, 9.17) is 4.98 Å². The number of nitrogens with one attached hydrogen (secondary N) is 3. The molecule has 1 fully saturated rings. The van der Waals surface area contributed by atoms with Gasteiger partial charge >= 0.3 is 0 Å². The fourth-order valence-corrected chi connectivity index (χ4v) is 3.26. The van der Waals surface area contributed by atoms with Crippen molar-refractivity contribution in [3.8, 4) is 22.6 Å². The maximum Gasteiger partial charge on any atom is 0.171 e. The molecule has 2 aliphatic rings. The summed E-state index contributed by atoms with van der Waals surface area (Å²) in [6.07, 6.45) is 4.45. The van der Waals surface area contributed by atoms with E-state index in [-0.39, 0.29) is 5.54 Å². The molecule has 4 N–H and O–H groups in total. The molecule has 3 aromatic rings. The van der Waals surface area contributed by atoms with E-state index in [1.807, 2.05) is 19.1 Å². The van der Waals surface area contributed by atoms with Crippen molar-refractivity contribution in [1.29, 1.82) is 0 Å². The Hall–Kier alpha value is -3.00. The number of aromatic nitrogens is 5. The van der Waals surface area contributed by atoms with Crippen LogP contribution in [0.3, 0.4) is 0 Å². The lowest BCUT2D eigenvalue weighted by Crippen LogP contribution is -2.45. The Morgan fingerprint density at radius 2 is 2.08 bits per heavy atom. The lowest BCUT2D eigenvalue weighted by Gasteiger charge is -2.31. The van der Waals surface area contributed by atoms with Crippen molar-refractivity contribution >= 4 is 11.6 Å². The van der Waals surface area contributed by atoms with Crippen molar-refractivity contribution in [2.45, 2.75) is 31.5 Å². The van der Waals surface area contributed by atoms with Gasteiger partial charge in [0.15, 0.2) is 17.5 Å². The second kappa shape index (κ2) is 5.00. The third-order valence-corrected chi connectivity index (χ3v) is 4.92. The second-order valence-corrected chi connectivity index (χ2v) is 6.64. The number of aryl methyl sites for hydroxylation is 1. The average molecular weight is 335 g/mol. The van der Waals surface area contributed by atoms with Crippen molar-refractivity contribution in [2.75, 3.05) is 10.6 Å². The Labute approximate surface area is 143 Å². The van der Waals surface area contributed by atoms with Crippen molar-refractivity contribution in [1.82, 2.24) is 25.1 Å². The number of hydrogen-bond acceptors (Lipinski definition) is 7. The van der Waals surface area contributed by atoms with Gasteiger partial charge in [-0.25, -0.2) is 15.0 Å². The van der Waals surface area contributed by atoms with E-state index in [0.717, 1.165) is 41.1 Å². The van der Waals surface area contributed by atoms with Crippen LogP contribution in [0.4, 0.5) is 11.6 Å². The van der Waals surface area contributed by atoms with E-state index in [1.165, 1.54) is 6.33 Å². The van der Waals surface area contributed by atoms with Crippen LogP contribution in [0.5, 0.6) is 0 Å². The van der Waals surface area contributed by atoms with Gasteiger partial charge in [0.05, 0.1) is 17.4 Å². The summed E-state index contributed by atoms with van der Waals surface area (Å²) in [5.41, 5.74) is 3.57. The van der Waals surface area contributed by atoms with Gasteiger partial charge in [-0.1, -0.05) is 12.1 Å². The summed E-state index contributed by atoms with van der Waals surface area (Å²) >= 11 is 0. The first-order chi connectivity index (χ1) is 12.1. The van der Waals surface area contributed by atoms with E-state index in [1.54, 1.807) is 6.20 Å². The first-order valence-corrected chi connectivity index (χ1v) is 8.21. The van der Waals surface area contributed by atoms with Gasteiger partial charge in [0, 0.05) is 11.1 Å². The zero-order valence-corrected chi connectivity index (χ0v) is 13.6. The SMILES string of the molecule is Cc1cc(-c2ncn[nH]2)ccc1-c1cnc2c(n1)NC1(CC1)C(O)N2. The number of benzene rings is 1. The molecule has 1 atom stereocenters. The molecule has 8 heteroatoms. The first kappa shape index (κ1) is 14.4. The fourth-order valence-electron chi connectivity index (χ4n) is 3.26. The summed E-state index contributed by atoms with van der Waals surface area (Å²) in [4.78, 5) is 13.3. The molecule has 8 nitrogen and oxygen atoms in total. The van der Waals surface area contributed by atoms with Crippen LogP contribution in [0, 0.1) is 6.92 Å². The largest absolute Gasteiger partial charge is 0.371 e. The number of rotatable bonds is 2. The number of aromatic amines is 1. The maximum atomic E-state index is 10.1. The van der Waals surface area contributed by atoms with E-state index in [2.05, 4.69) is 36.9 Å². The molecule has 1 unspecified atom stereocenters. The zero-order chi connectivity index (χ0) is 17.0. The Morgan fingerprint density at radius 1 is 1.20 bits per heavy atom. The van der Waals surface area contributed by atoms with Crippen LogP contribution in [0.1, 0.15) is 18.4 Å². The van der Waals surface area contributed by atoms with Gasteiger partial charge in [0.1, 0.15) is 12.6 Å². The summed E-state index contributed by atoms with van der Waals surface area (Å²) in [5, 5.41) is 23.3. The predicted molar refractivity (Wildman–Crippen MR) is 92.8 cm³/mol. The van der Waals surface area contributed by atoms with Crippen molar-refractivity contribution in [3.05, 3.63) is 36.3 Å². The number of anilines is 2. The Morgan fingerprint density at radius 3 is 2.80 bits per heavy atom. The minimum absolute atomic E-state index is 0.286. The zero-order valence-electron chi connectivity index (χ0n) is 13.6. The smallest absolute Gasteiger partial charge is 0.171 e. The quantitative estimate of drug-likeness (QED) is 0.566. The molecule has 0 bridgehead atoms. The molecule has 25 heavy (non-hydrogen) atoms. The number of fused-ring (bicyclic) bond motifs is 1. The lowest BCUT2D eigenvalue weighted by atomic mass is 10.0. The van der Waals surface area contributed by atoms with Crippen LogP contribution in [0.25, 0.3) is 22.6 Å². The fraction of sp³-hybridized carbons (Fsp3) is 0.294. The topological polar surface area (TPSA) is 112 Å². The minimum atomic E-state index is -0.622. The van der Waals surface area contributed by atoms with Gasteiger partial charge in [0.25, 0.3) is 0 Å². The minimum Gasteiger partial charge on any atom is -0.371 e. The highest BCUT2D eigenvalue weighted by Crippen LogP contribution is 2.46. The van der Waals surface area contributed by atoms with Gasteiger partial charge in [-0.05, 0) is 31.4 Å². The molecule has 1 aliphatic carbocycles. The van der Waals surface area contributed by atoms with Gasteiger partial charge < -0.3 is 15.7 Å². The van der Waals surface area contributed by atoms with Gasteiger partial charge in [0.2, 0.25) is 0 Å². The average Bonchev–Trinajstić information content (AvgIpc) is 3.17. The second-order valence-electron chi connectivity index (χ2n) is 6.64. The molecule has 3 heterocycles. The molecule has 5 rings (SSSR count). The summed E-state index contributed by atoms with van der Waals surface area (Å²) in [5.74, 6) is 2.02. The standard InChI is InChI=1S/C17H17N7O/c1-9-6-10(13-19-8-20-24-13)2-3-11(9)12-7-18-14-15(21-12)23-17(4-5-17)16(25)22-14/h2-3,6-8,16,25H,4-5H2,1H3,(H,18,22)(H,21,23)(H,19,20,24). The molecule has 1 saturated carbocycles. The Bertz CT molecular complexity index is 950. The number of nitrogens with zero attached hydrogens (tertiary/aromatic N) is 4. The van der Waals surface area contributed by atoms with Gasteiger partial charge in [-0.3, -0.25) is 5.10 Å². The maximum absolute atomic E-state index is 10.1. The van der Waals surface area contributed by atoms with E-state index >= 15 is 0 Å². The van der Waals surface area contributed by atoms with Gasteiger partial charge in [-0.15, -0.1) is 0 Å². The van der Waals surface area contributed by atoms with E-state index in [9.17, 15) is 5.11 Å². The summed E-state index contributed by atoms with van der Waals surface area (Å²) < 4.78 is 0. The third-order valence-electron chi connectivity index (χ3n) is 4.92. The Kier molecular flexibility index (Phi) is 2.87. The molecule has 0 saturated heterocycles. The van der Waals surface area contributed by atoms with Crippen LogP contribution in [-0.4, -0.2) is 42.0 Å². The number of aliphatic hydroxyl groups is 1. The number of H-pyrrole nitrogens is 1. The van der Waals surface area contributed by atoms with Crippen LogP contribution < -0.4 is 10.6 Å². The normalized spacial score (nSPS) is 19.8. The van der Waals surface area contributed by atoms with Crippen LogP contribution >= 0.6 is 0 Å². The van der Waals surface area contributed by atoms with Crippen LogP contribution in [-0.2, 0) is 0 Å². The van der Waals surface area contributed by atoms with Crippen LogP contribution in [0.15, 0.2) is 30.7 Å². The third kappa shape index (κ3) is 2.25. The van der Waals surface area contributed by atoms with Crippen LogP contribution in [0.2, 0.25) is 0 Å².